The van der Waals surface area contributed by atoms with Crippen LogP contribution >= 0.6 is 0 Å². The number of aromatic nitrogens is 1. The molecule has 0 aliphatic carbocycles. The van der Waals surface area contributed by atoms with Crippen molar-refractivity contribution in [3.05, 3.63) is 60.3 Å². The lowest BCUT2D eigenvalue weighted by Gasteiger charge is -2.04. The molecule has 0 bridgehead atoms. The van der Waals surface area contributed by atoms with E-state index in [1.54, 1.807) is 25.4 Å². The highest BCUT2D eigenvalue weighted by Gasteiger charge is 2.13. The Balaban J connectivity index is 2.01. The number of rotatable bonds is 4. The number of methoxy groups -OCH3 is 1. The van der Waals surface area contributed by atoms with E-state index in [-0.39, 0.29) is 5.56 Å². The molecule has 1 aromatic heterocycles. The molecule has 0 aliphatic heterocycles. The SMILES string of the molecule is COc1ccccc1-c1cnc(-c2cccc(C(=O)O)c2)o1. The van der Waals surface area contributed by atoms with E-state index in [2.05, 4.69) is 4.98 Å². The zero-order valence-electron chi connectivity index (χ0n) is 11.8. The van der Waals surface area contributed by atoms with Gasteiger partial charge in [-0.1, -0.05) is 18.2 Å². The molecule has 1 heterocycles. The smallest absolute Gasteiger partial charge is 0.335 e. The predicted molar refractivity (Wildman–Crippen MR) is 80.9 cm³/mol. The van der Waals surface area contributed by atoms with Crippen molar-refractivity contribution in [1.29, 1.82) is 0 Å². The zero-order valence-corrected chi connectivity index (χ0v) is 11.8. The van der Waals surface area contributed by atoms with Crippen molar-refractivity contribution >= 4 is 5.97 Å². The minimum Gasteiger partial charge on any atom is -0.496 e. The predicted octanol–water partition coefficient (Wildman–Crippen LogP) is 3.72. The second-order valence-electron chi connectivity index (χ2n) is 4.62. The molecular weight excluding hydrogens is 282 g/mol. The van der Waals surface area contributed by atoms with E-state index in [1.807, 2.05) is 24.3 Å². The Labute approximate surface area is 126 Å². The maximum Gasteiger partial charge on any atom is 0.335 e. The first kappa shape index (κ1) is 13.9. The van der Waals surface area contributed by atoms with Gasteiger partial charge in [-0.15, -0.1) is 0 Å². The molecule has 5 nitrogen and oxygen atoms in total. The van der Waals surface area contributed by atoms with Crippen molar-refractivity contribution in [2.24, 2.45) is 0 Å². The Morgan fingerprint density at radius 3 is 2.77 bits per heavy atom. The van der Waals surface area contributed by atoms with Gasteiger partial charge in [0.1, 0.15) is 5.75 Å². The van der Waals surface area contributed by atoms with Gasteiger partial charge in [0, 0.05) is 5.56 Å². The monoisotopic (exact) mass is 295 g/mol. The van der Waals surface area contributed by atoms with E-state index in [4.69, 9.17) is 14.3 Å². The quantitative estimate of drug-likeness (QED) is 0.794. The number of hydrogen-bond donors (Lipinski definition) is 1. The molecule has 0 saturated carbocycles. The lowest BCUT2D eigenvalue weighted by atomic mass is 10.1. The second-order valence-corrected chi connectivity index (χ2v) is 4.62. The Morgan fingerprint density at radius 1 is 1.18 bits per heavy atom. The molecule has 0 unspecified atom stereocenters. The Morgan fingerprint density at radius 2 is 2.00 bits per heavy atom. The maximum atomic E-state index is 11.0. The molecule has 1 N–H and O–H groups in total. The van der Waals surface area contributed by atoms with E-state index < -0.39 is 5.97 Å². The van der Waals surface area contributed by atoms with Crippen molar-refractivity contribution in [2.45, 2.75) is 0 Å². The number of ether oxygens (including phenoxy) is 1. The number of carboxylic acids is 1. The molecule has 0 atom stereocenters. The van der Waals surface area contributed by atoms with Crippen LogP contribution in [0.2, 0.25) is 0 Å². The summed E-state index contributed by atoms with van der Waals surface area (Å²) in [5.74, 6) is 0.625. The molecule has 3 rings (SSSR count). The minimum absolute atomic E-state index is 0.189. The summed E-state index contributed by atoms with van der Waals surface area (Å²) in [4.78, 5) is 15.3. The first-order valence-corrected chi connectivity index (χ1v) is 6.62. The van der Waals surface area contributed by atoms with Crippen LogP contribution in [-0.4, -0.2) is 23.2 Å². The second kappa shape index (κ2) is 5.73. The summed E-state index contributed by atoms with van der Waals surface area (Å²) in [7, 11) is 1.59. The van der Waals surface area contributed by atoms with Gasteiger partial charge in [-0.05, 0) is 30.3 Å². The summed E-state index contributed by atoms with van der Waals surface area (Å²) in [5, 5.41) is 9.04. The van der Waals surface area contributed by atoms with Crippen LogP contribution in [0.1, 0.15) is 10.4 Å². The largest absolute Gasteiger partial charge is 0.496 e. The summed E-state index contributed by atoms with van der Waals surface area (Å²) >= 11 is 0. The number of nitrogens with zero attached hydrogens (tertiary/aromatic N) is 1. The molecule has 110 valence electrons. The zero-order chi connectivity index (χ0) is 15.5. The van der Waals surface area contributed by atoms with Gasteiger partial charge in [0.25, 0.3) is 0 Å². The molecule has 0 amide bonds. The van der Waals surface area contributed by atoms with Gasteiger partial charge in [0.2, 0.25) is 5.89 Å². The van der Waals surface area contributed by atoms with E-state index in [0.29, 0.717) is 23.0 Å². The van der Waals surface area contributed by atoms with Crippen molar-refractivity contribution in [3.63, 3.8) is 0 Å². The van der Waals surface area contributed by atoms with Crippen LogP contribution < -0.4 is 4.74 Å². The summed E-state index contributed by atoms with van der Waals surface area (Å²) < 4.78 is 11.0. The van der Waals surface area contributed by atoms with Crippen LogP contribution in [0.15, 0.2) is 59.1 Å². The highest BCUT2D eigenvalue weighted by atomic mass is 16.5. The Kier molecular flexibility index (Phi) is 3.62. The van der Waals surface area contributed by atoms with Gasteiger partial charge >= 0.3 is 5.97 Å². The topological polar surface area (TPSA) is 72.6 Å². The molecule has 0 radical (unpaired) electrons. The number of oxazole rings is 1. The molecule has 0 saturated heterocycles. The number of carboxylic acid groups (broad SMARTS) is 1. The standard InChI is InChI=1S/C17H13NO4/c1-21-14-8-3-2-7-13(14)15-10-18-16(22-15)11-5-4-6-12(9-11)17(19)20/h2-10H,1H3,(H,19,20). The van der Waals surface area contributed by atoms with Crippen LogP contribution in [0.25, 0.3) is 22.8 Å². The van der Waals surface area contributed by atoms with Crippen molar-refractivity contribution in [3.8, 4) is 28.5 Å². The van der Waals surface area contributed by atoms with Crippen LogP contribution in [0.5, 0.6) is 5.75 Å². The first-order chi connectivity index (χ1) is 10.7. The molecule has 0 aliphatic rings. The maximum absolute atomic E-state index is 11.0. The number of carbonyl (C=O) groups is 1. The van der Waals surface area contributed by atoms with E-state index in [1.165, 1.54) is 12.1 Å². The molecule has 2 aromatic carbocycles. The molecule has 5 heteroatoms. The molecule has 0 spiro atoms. The number of hydrogen-bond acceptors (Lipinski definition) is 4. The highest BCUT2D eigenvalue weighted by Crippen LogP contribution is 2.32. The van der Waals surface area contributed by atoms with Crippen LogP contribution in [0.3, 0.4) is 0 Å². The summed E-state index contributed by atoms with van der Waals surface area (Å²) in [5.41, 5.74) is 1.59. The summed E-state index contributed by atoms with van der Waals surface area (Å²) in [6.07, 6.45) is 1.60. The first-order valence-electron chi connectivity index (χ1n) is 6.62. The lowest BCUT2D eigenvalue weighted by molar-refractivity contribution is 0.0697. The fraction of sp³-hybridized carbons (Fsp3) is 0.0588. The van der Waals surface area contributed by atoms with Gasteiger partial charge in [-0.2, -0.15) is 0 Å². The van der Waals surface area contributed by atoms with Crippen LogP contribution in [-0.2, 0) is 0 Å². The van der Waals surface area contributed by atoms with Gasteiger partial charge in [0.05, 0.1) is 24.4 Å². The Bertz CT molecular complexity index is 823. The van der Waals surface area contributed by atoms with E-state index in [0.717, 1.165) is 5.56 Å². The fourth-order valence-electron chi connectivity index (χ4n) is 2.17. The third-order valence-corrected chi connectivity index (χ3v) is 3.23. The van der Waals surface area contributed by atoms with Crippen molar-refractivity contribution < 1.29 is 19.1 Å². The Hall–Kier alpha value is -3.08. The lowest BCUT2D eigenvalue weighted by Crippen LogP contribution is -1.95. The minimum atomic E-state index is -0.988. The molecule has 0 fully saturated rings. The van der Waals surface area contributed by atoms with Crippen LogP contribution in [0, 0.1) is 0 Å². The number of para-hydroxylation sites is 1. The van der Waals surface area contributed by atoms with E-state index in [9.17, 15) is 4.79 Å². The molecular formula is C17H13NO4. The third-order valence-electron chi connectivity index (χ3n) is 3.23. The fourth-order valence-corrected chi connectivity index (χ4v) is 2.17. The van der Waals surface area contributed by atoms with Gasteiger partial charge in [0.15, 0.2) is 5.76 Å². The number of benzene rings is 2. The van der Waals surface area contributed by atoms with Crippen molar-refractivity contribution in [2.75, 3.05) is 7.11 Å². The highest BCUT2D eigenvalue weighted by molar-refractivity contribution is 5.89. The van der Waals surface area contributed by atoms with Gasteiger partial charge < -0.3 is 14.3 Å². The van der Waals surface area contributed by atoms with Gasteiger partial charge in [-0.3, -0.25) is 0 Å². The molecule has 3 aromatic rings. The number of aromatic carboxylic acids is 1. The van der Waals surface area contributed by atoms with E-state index >= 15 is 0 Å². The average molecular weight is 295 g/mol. The van der Waals surface area contributed by atoms with Crippen LogP contribution in [0.4, 0.5) is 0 Å². The third kappa shape index (κ3) is 2.56. The molecule has 22 heavy (non-hydrogen) atoms. The van der Waals surface area contributed by atoms with Crippen molar-refractivity contribution in [1.82, 2.24) is 4.98 Å². The van der Waals surface area contributed by atoms with Gasteiger partial charge in [-0.25, -0.2) is 9.78 Å². The summed E-state index contributed by atoms with van der Waals surface area (Å²) in [6.45, 7) is 0. The average Bonchev–Trinajstić information content (AvgIpc) is 3.04. The normalized spacial score (nSPS) is 10.4. The summed E-state index contributed by atoms with van der Waals surface area (Å²) in [6, 6.07) is 13.9.